The van der Waals surface area contributed by atoms with E-state index in [1.54, 1.807) is 0 Å². The summed E-state index contributed by atoms with van der Waals surface area (Å²) >= 11 is 0. The predicted molar refractivity (Wildman–Crippen MR) is 178 cm³/mol. The molecule has 0 rings (SSSR count). The molecule has 0 unspecified atom stereocenters. The highest BCUT2D eigenvalue weighted by Crippen LogP contribution is 2.11. The summed E-state index contributed by atoms with van der Waals surface area (Å²) in [6.07, 6.45) is 14.6. The van der Waals surface area contributed by atoms with Crippen LogP contribution in [0.15, 0.2) is 0 Å². The van der Waals surface area contributed by atoms with Gasteiger partial charge >= 0.3 is 11.9 Å². The Balaban J connectivity index is -0.0000000587. The molecule has 0 aliphatic rings. The summed E-state index contributed by atoms with van der Waals surface area (Å²) in [5.41, 5.74) is 4.47. The summed E-state index contributed by atoms with van der Waals surface area (Å²) in [5, 5.41) is 9.33. The van der Waals surface area contributed by atoms with Gasteiger partial charge in [-0.15, -0.1) is 6.42 Å². The molecular formula is C32H61NO6. The van der Waals surface area contributed by atoms with E-state index in [1.165, 1.54) is 45.4 Å². The van der Waals surface area contributed by atoms with Crippen molar-refractivity contribution in [1.29, 1.82) is 0 Å². The third-order valence-electron chi connectivity index (χ3n) is 4.25. The van der Waals surface area contributed by atoms with Crippen LogP contribution in [0.5, 0.6) is 0 Å². The van der Waals surface area contributed by atoms with Crippen LogP contribution in [0.25, 0.3) is 0 Å². The molecule has 0 aromatic carbocycles. The first-order valence-electron chi connectivity index (χ1n) is 12.6. The molecule has 3 N–H and O–H groups in total. The number of ether oxygens (including phenoxy) is 2. The number of terminal acetylenes is 1. The zero-order valence-electron chi connectivity index (χ0n) is 22.7. The third-order valence-corrected chi connectivity index (χ3v) is 4.25. The minimum absolute atomic E-state index is 0. The summed E-state index contributed by atoms with van der Waals surface area (Å²) in [4.78, 5) is 32.7. The zero-order valence-corrected chi connectivity index (χ0v) is 22.7. The number of carbonyl (C=O) groups is 3. The average molecular weight is 556 g/mol. The van der Waals surface area contributed by atoms with Crippen molar-refractivity contribution in [2.75, 3.05) is 13.2 Å². The smallest absolute Gasteiger partial charge is 0.385 e. The fourth-order valence-corrected chi connectivity index (χ4v) is 2.55. The Kier molecular flexibility index (Phi) is 27.6. The number of hydrogen-bond acceptors (Lipinski definition) is 6. The minimum Gasteiger partial charge on any atom is -0.456 e. The second kappa shape index (κ2) is 29.5. The van der Waals surface area contributed by atoms with Gasteiger partial charge in [-0.05, 0) is 77.5 Å². The molecule has 39 heavy (non-hydrogen) atoms. The van der Waals surface area contributed by atoms with E-state index in [0.717, 1.165) is 19.3 Å². The first kappa shape index (κ1) is 36.4. The van der Waals surface area contributed by atoms with Gasteiger partial charge in [0.2, 0.25) is 5.91 Å². The Hall–Kier alpha value is -4.71. The van der Waals surface area contributed by atoms with Gasteiger partial charge in [0.05, 0.1) is 6.61 Å². The fraction of sp³-hybridized carbons (Fsp3) is 0.469. The highest BCUT2D eigenvalue weighted by atomic mass is 16.6. The monoisotopic (exact) mass is 555 g/mol. The Morgan fingerprint density at radius 1 is 0.795 bits per heavy atom. The van der Waals surface area contributed by atoms with Crippen LogP contribution in [-0.4, -0.2) is 42.3 Å². The average Bonchev–Trinajstić information content (AvgIpc) is 2.90. The van der Waals surface area contributed by atoms with Gasteiger partial charge in [-0.3, -0.25) is 9.59 Å². The maximum Gasteiger partial charge on any atom is 0.385 e. The largest absolute Gasteiger partial charge is 0.456 e. The van der Waals surface area contributed by atoms with Gasteiger partial charge in [0.15, 0.2) is 6.10 Å². The van der Waals surface area contributed by atoms with E-state index in [-0.39, 0.29) is 37.5 Å². The van der Waals surface area contributed by atoms with Gasteiger partial charge in [0.1, 0.15) is 6.61 Å². The van der Waals surface area contributed by atoms with Crippen LogP contribution in [0.3, 0.4) is 0 Å². The Bertz CT molecular complexity index is 1210. The first-order valence-corrected chi connectivity index (χ1v) is 12.6. The van der Waals surface area contributed by atoms with Gasteiger partial charge in [-0.25, -0.2) is 4.79 Å². The molecule has 0 saturated carbocycles. The number of nitrogens with two attached hydrogens (primary N) is 1. The zero-order chi connectivity index (χ0) is 29.4. The van der Waals surface area contributed by atoms with Gasteiger partial charge in [-0.2, -0.15) is 0 Å². The number of amides is 1. The molecule has 1 atom stereocenters. The van der Waals surface area contributed by atoms with E-state index in [4.69, 9.17) is 15.9 Å². The quantitative estimate of drug-likeness (QED) is 0.123. The van der Waals surface area contributed by atoms with Crippen molar-refractivity contribution in [3.05, 3.63) is 0 Å². The van der Waals surface area contributed by atoms with E-state index >= 15 is 0 Å². The molecule has 0 bridgehead atoms. The molecule has 0 aromatic rings. The van der Waals surface area contributed by atoms with Crippen molar-refractivity contribution in [3.8, 4) is 83.4 Å². The Morgan fingerprint density at radius 2 is 1.23 bits per heavy atom. The van der Waals surface area contributed by atoms with Gasteiger partial charge < -0.3 is 20.3 Å². The van der Waals surface area contributed by atoms with Crippen LogP contribution in [0.1, 0.15) is 96.6 Å². The summed E-state index contributed by atoms with van der Waals surface area (Å²) in [6, 6.07) is 0. The van der Waals surface area contributed by atoms with E-state index in [0.29, 0.717) is 0 Å². The molecule has 7 heteroatoms. The Morgan fingerprint density at radius 3 is 1.69 bits per heavy atom. The summed E-state index contributed by atoms with van der Waals surface area (Å²) in [6.45, 7) is 2.76. The van der Waals surface area contributed by atoms with Crippen molar-refractivity contribution in [1.82, 2.24) is 0 Å². The second-order valence-corrected chi connectivity index (χ2v) is 7.73. The molecular weight excluding hydrogens is 494 g/mol. The predicted octanol–water partition coefficient (Wildman–Crippen LogP) is 5.70. The minimum atomic E-state index is -0.928. The highest BCUT2D eigenvalue weighted by molar-refractivity contribution is 5.89. The molecule has 0 saturated heterocycles. The van der Waals surface area contributed by atoms with Gasteiger partial charge in [0, 0.05) is 37.8 Å². The lowest BCUT2D eigenvalue weighted by Gasteiger charge is -2.14. The summed E-state index contributed by atoms with van der Waals surface area (Å²) < 4.78 is 10.0. The molecule has 0 aliphatic carbocycles. The van der Waals surface area contributed by atoms with E-state index < -0.39 is 24.6 Å². The second-order valence-electron chi connectivity index (χ2n) is 7.73. The molecule has 7 nitrogen and oxygen atoms in total. The highest BCUT2D eigenvalue weighted by Gasteiger charge is 2.15. The lowest BCUT2D eigenvalue weighted by atomic mass is 10.1. The van der Waals surface area contributed by atoms with Crippen molar-refractivity contribution in [2.24, 2.45) is 5.73 Å². The molecule has 0 aliphatic heterocycles. The van der Waals surface area contributed by atoms with E-state index in [1.807, 2.05) is 0 Å². The third kappa shape index (κ3) is 33.3. The topological polar surface area (TPSA) is 116 Å². The summed E-state index contributed by atoms with van der Waals surface area (Å²) in [7, 11) is 0. The molecule has 0 radical (unpaired) electrons. The van der Waals surface area contributed by atoms with Crippen LogP contribution < -0.4 is 5.73 Å². The van der Waals surface area contributed by atoms with Gasteiger partial charge in [-0.1, -0.05) is 58.3 Å². The van der Waals surface area contributed by atoms with Crippen molar-refractivity contribution < 1.29 is 47.5 Å². The normalized spacial score (nSPS) is 8.67. The molecule has 0 spiro atoms. The molecule has 0 heterocycles. The first-order chi connectivity index (χ1) is 18.9. The van der Waals surface area contributed by atoms with Crippen LogP contribution in [0.4, 0.5) is 0 Å². The maximum atomic E-state index is 11.9. The number of aliphatic hydroxyl groups is 1. The lowest BCUT2D eigenvalue weighted by Crippen LogP contribution is -2.28. The maximum absolute atomic E-state index is 11.9. The lowest BCUT2D eigenvalue weighted by molar-refractivity contribution is -0.159. The fourth-order valence-electron chi connectivity index (χ4n) is 2.55. The van der Waals surface area contributed by atoms with Crippen molar-refractivity contribution in [3.63, 3.8) is 0 Å². The van der Waals surface area contributed by atoms with Gasteiger partial charge in [0.25, 0.3) is 0 Å². The standard InChI is InChI=1S/C30H30O5.C2H5NO.13H2/c1-3-5-7-9-11-13-14-15-17-18-20-22-24-29(32)34-27-28(26-31)35-30(33)25-23-21-19-16-12-10-8-6-4-2;1-2(3)4;;;;;;;;;;;;;/h1,28,31H,4,6,8,10,12,16,19,21,23,25-27H2,2H3;1H3,(H2,3,4);13*1H/t28-;;;;;;;;;;;;;;/m0............../s1. The van der Waals surface area contributed by atoms with E-state index in [9.17, 15) is 19.5 Å². The number of carbonyl (C=O) groups excluding carboxylic acids is 3. The SMILES string of the molecule is C#CC#CC#CC#CC#CC#CC#CC(=O)OC[C@H](CO)OC(=O)CCCCCCCCCCC.CC(N)=O.[HH].[HH].[HH].[HH].[HH].[HH].[HH].[HH].[HH].[HH].[HH].[HH].[HH]. The number of hydrogen-bond donors (Lipinski definition) is 2. The van der Waals surface area contributed by atoms with Crippen molar-refractivity contribution in [2.45, 2.75) is 84.2 Å². The number of aliphatic hydroxyl groups excluding tert-OH is 1. The molecule has 1 amide bonds. The van der Waals surface area contributed by atoms with E-state index in [2.05, 4.69) is 89.6 Å². The van der Waals surface area contributed by atoms with Crippen LogP contribution >= 0.6 is 0 Å². The Labute approximate surface area is 252 Å². The number of rotatable bonds is 14. The van der Waals surface area contributed by atoms with Crippen molar-refractivity contribution >= 4 is 17.8 Å². The van der Waals surface area contributed by atoms with Crippen LogP contribution in [-0.2, 0) is 23.9 Å². The van der Waals surface area contributed by atoms with Crippen LogP contribution in [0.2, 0.25) is 0 Å². The number of esters is 2. The molecule has 0 fully saturated rings. The molecule has 230 valence electrons. The number of primary amides is 1. The number of unbranched alkanes of at least 4 members (excludes halogenated alkanes) is 8. The molecule has 0 aromatic heterocycles. The van der Waals surface area contributed by atoms with Crippen LogP contribution in [0, 0.1) is 83.4 Å². The summed E-state index contributed by atoms with van der Waals surface area (Å²) in [5.74, 6) is 28.9.